The summed E-state index contributed by atoms with van der Waals surface area (Å²) >= 11 is 0. The van der Waals surface area contributed by atoms with Gasteiger partial charge in [-0.05, 0) is 25.8 Å². The van der Waals surface area contributed by atoms with E-state index in [1.54, 1.807) is 6.33 Å². The third-order valence-electron chi connectivity index (χ3n) is 3.28. The van der Waals surface area contributed by atoms with Gasteiger partial charge in [-0.1, -0.05) is 0 Å². The van der Waals surface area contributed by atoms with Crippen LogP contribution in [0.5, 0.6) is 0 Å². The topological polar surface area (TPSA) is 50.3 Å². The van der Waals surface area contributed by atoms with Crippen LogP contribution in [0.4, 0.5) is 5.82 Å². The van der Waals surface area contributed by atoms with E-state index in [1.165, 1.54) is 12.8 Å². The zero-order valence-electron chi connectivity index (χ0n) is 11.2. The van der Waals surface area contributed by atoms with Crippen molar-refractivity contribution in [2.45, 2.75) is 19.4 Å². The van der Waals surface area contributed by atoms with Crippen LogP contribution in [-0.2, 0) is 11.3 Å². The number of aromatic nitrogens is 2. The monoisotopic (exact) mass is 250 g/mol. The Labute approximate surface area is 109 Å². The SMILES string of the molecule is CNCc1cncnc1N(C)CC1CCCOC1. The van der Waals surface area contributed by atoms with Gasteiger partial charge in [0.05, 0.1) is 6.61 Å². The average molecular weight is 250 g/mol. The number of ether oxygens (including phenoxy) is 1. The smallest absolute Gasteiger partial charge is 0.136 e. The van der Waals surface area contributed by atoms with E-state index >= 15 is 0 Å². The van der Waals surface area contributed by atoms with Crippen LogP contribution in [0.15, 0.2) is 12.5 Å². The van der Waals surface area contributed by atoms with E-state index in [0.29, 0.717) is 5.92 Å². The van der Waals surface area contributed by atoms with Crippen LogP contribution >= 0.6 is 0 Å². The van der Waals surface area contributed by atoms with E-state index in [4.69, 9.17) is 4.74 Å². The maximum atomic E-state index is 5.52. The first-order valence-corrected chi connectivity index (χ1v) is 6.53. The molecular weight excluding hydrogens is 228 g/mol. The Balaban J connectivity index is 2.00. The van der Waals surface area contributed by atoms with Crippen molar-refractivity contribution < 1.29 is 4.74 Å². The molecule has 18 heavy (non-hydrogen) atoms. The molecule has 100 valence electrons. The Bertz CT molecular complexity index is 366. The lowest BCUT2D eigenvalue weighted by molar-refractivity contribution is 0.0576. The maximum absolute atomic E-state index is 5.52. The lowest BCUT2D eigenvalue weighted by atomic mass is 10.0. The van der Waals surface area contributed by atoms with Crippen LogP contribution in [0, 0.1) is 5.92 Å². The lowest BCUT2D eigenvalue weighted by Gasteiger charge is -2.28. The van der Waals surface area contributed by atoms with Gasteiger partial charge in [0.1, 0.15) is 12.1 Å². The van der Waals surface area contributed by atoms with Gasteiger partial charge < -0.3 is 15.0 Å². The molecule has 1 unspecified atom stereocenters. The van der Waals surface area contributed by atoms with Crippen molar-refractivity contribution in [3.8, 4) is 0 Å². The standard InChI is InChI=1S/C13H22N4O/c1-14-6-12-7-15-10-16-13(12)17(2)8-11-4-3-5-18-9-11/h7,10-11,14H,3-6,8-9H2,1-2H3. The Morgan fingerprint density at radius 3 is 3.17 bits per heavy atom. The number of nitrogens with zero attached hydrogens (tertiary/aromatic N) is 3. The molecule has 0 spiro atoms. The minimum absolute atomic E-state index is 0.612. The van der Waals surface area contributed by atoms with Crippen LogP contribution in [0.1, 0.15) is 18.4 Å². The van der Waals surface area contributed by atoms with E-state index < -0.39 is 0 Å². The first-order valence-electron chi connectivity index (χ1n) is 6.53. The molecule has 5 nitrogen and oxygen atoms in total. The Hall–Kier alpha value is -1.20. The second-order valence-corrected chi connectivity index (χ2v) is 4.87. The summed E-state index contributed by atoms with van der Waals surface area (Å²) in [6.45, 7) is 3.57. The van der Waals surface area contributed by atoms with E-state index in [2.05, 4.69) is 27.2 Å². The number of rotatable bonds is 5. The molecule has 1 N–H and O–H groups in total. The second-order valence-electron chi connectivity index (χ2n) is 4.87. The van der Waals surface area contributed by atoms with E-state index in [0.717, 1.165) is 37.7 Å². The highest BCUT2D eigenvalue weighted by Crippen LogP contribution is 2.19. The first kappa shape index (κ1) is 13.2. The van der Waals surface area contributed by atoms with Gasteiger partial charge in [0, 0.05) is 38.5 Å². The van der Waals surface area contributed by atoms with Gasteiger partial charge >= 0.3 is 0 Å². The highest BCUT2D eigenvalue weighted by Gasteiger charge is 2.18. The van der Waals surface area contributed by atoms with Crippen LogP contribution < -0.4 is 10.2 Å². The number of hydrogen-bond donors (Lipinski definition) is 1. The lowest BCUT2D eigenvalue weighted by Crippen LogP contribution is -2.32. The van der Waals surface area contributed by atoms with E-state index in [1.807, 2.05) is 13.2 Å². The van der Waals surface area contributed by atoms with Crippen LogP contribution in [0.25, 0.3) is 0 Å². The fraction of sp³-hybridized carbons (Fsp3) is 0.692. The average Bonchev–Trinajstić information content (AvgIpc) is 2.41. The molecule has 0 amide bonds. The Morgan fingerprint density at radius 2 is 2.44 bits per heavy atom. The molecule has 0 radical (unpaired) electrons. The Kier molecular flexibility index (Phi) is 4.90. The molecule has 1 aromatic rings. The summed E-state index contributed by atoms with van der Waals surface area (Å²) in [5.41, 5.74) is 1.14. The number of anilines is 1. The molecule has 1 aliphatic rings. The van der Waals surface area contributed by atoms with Crippen LogP contribution in [0.2, 0.25) is 0 Å². The van der Waals surface area contributed by atoms with Crippen molar-refractivity contribution in [1.82, 2.24) is 15.3 Å². The molecule has 0 saturated carbocycles. The molecular formula is C13H22N4O. The van der Waals surface area contributed by atoms with Crippen molar-refractivity contribution in [3.05, 3.63) is 18.1 Å². The number of nitrogens with one attached hydrogen (secondary N) is 1. The molecule has 2 heterocycles. The molecule has 2 rings (SSSR count). The highest BCUT2D eigenvalue weighted by atomic mass is 16.5. The molecule has 0 bridgehead atoms. The molecule has 5 heteroatoms. The zero-order valence-corrected chi connectivity index (χ0v) is 11.2. The summed E-state index contributed by atoms with van der Waals surface area (Å²) in [6.07, 6.45) is 5.91. The summed E-state index contributed by atoms with van der Waals surface area (Å²) in [5, 5.41) is 3.15. The number of hydrogen-bond acceptors (Lipinski definition) is 5. The van der Waals surface area contributed by atoms with Crippen molar-refractivity contribution in [2.75, 3.05) is 38.8 Å². The van der Waals surface area contributed by atoms with Crippen LogP contribution in [0.3, 0.4) is 0 Å². The summed E-state index contributed by atoms with van der Waals surface area (Å²) in [4.78, 5) is 10.7. The van der Waals surface area contributed by atoms with Crippen molar-refractivity contribution in [3.63, 3.8) is 0 Å². The minimum atomic E-state index is 0.612. The van der Waals surface area contributed by atoms with E-state index in [-0.39, 0.29) is 0 Å². The fourth-order valence-corrected chi connectivity index (χ4v) is 2.44. The molecule has 0 aliphatic carbocycles. The molecule has 1 atom stereocenters. The summed E-state index contributed by atoms with van der Waals surface area (Å²) in [5.74, 6) is 1.63. The van der Waals surface area contributed by atoms with E-state index in [9.17, 15) is 0 Å². The third kappa shape index (κ3) is 3.40. The normalized spacial score (nSPS) is 19.8. The first-order chi connectivity index (χ1) is 8.81. The third-order valence-corrected chi connectivity index (χ3v) is 3.28. The van der Waals surface area contributed by atoms with Gasteiger partial charge in [0.25, 0.3) is 0 Å². The maximum Gasteiger partial charge on any atom is 0.136 e. The van der Waals surface area contributed by atoms with Gasteiger partial charge in [-0.3, -0.25) is 0 Å². The molecule has 1 saturated heterocycles. The van der Waals surface area contributed by atoms with Crippen LogP contribution in [-0.4, -0.2) is 43.8 Å². The van der Waals surface area contributed by atoms with Gasteiger partial charge in [0.2, 0.25) is 0 Å². The van der Waals surface area contributed by atoms with Gasteiger partial charge in [-0.15, -0.1) is 0 Å². The zero-order chi connectivity index (χ0) is 12.8. The van der Waals surface area contributed by atoms with Crippen molar-refractivity contribution >= 4 is 5.82 Å². The van der Waals surface area contributed by atoms with Crippen molar-refractivity contribution in [1.29, 1.82) is 0 Å². The van der Waals surface area contributed by atoms with Crippen molar-refractivity contribution in [2.24, 2.45) is 5.92 Å². The summed E-state index contributed by atoms with van der Waals surface area (Å²) in [7, 11) is 4.03. The second kappa shape index (κ2) is 6.66. The predicted molar refractivity (Wildman–Crippen MR) is 71.6 cm³/mol. The largest absolute Gasteiger partial charge is 0.381 e. The van der Waals surface area contributed by atoms with Gasteiger partial charge in [-0.2, -0.15) is 0 Å². The highest BCUT2D eigenvalue weighted by molar-refractivity contribution is 5.44. The summed E-state index contributed by atoms with van der Waals surface area (Å²) in [6, 6.07) is 0. The Morgan fingerprint density at radius 1 is 1.56 bits per heavy atom. The predicted octanol–water partition coefficient (Wildman–Crippen LogP) is 1.06. The quantitative estimate of drug-likeness (QED) is 0.847. The molecule has 0 aromatic carbocycles. The molecule has 1 fully saturated rings. The van der Waals surface area contributed by atoms with Gasteiger partial charge in [-0.25, -0.2) is 9.97 Å². The fourth-order valence-electron chi connectivity index (χ4n) is 2.44. The minimum Gasteiger partial charge on any atom is -0.381 e. The molecule has 1 aliphatic heterocycles. The van der Waals surface area contributed by atoms with Gasteiger partial charge in [0.15, 0.2) is 0 Å². The summed E-state index contributed by atoms with van der Waals surface area (Å²) < 4.78 is 5.52. The molecule has 1 aromatic heterocycles.